The van der Waals surface area contributed by atoms with Gasteiger partial charge in [0.05, 0.1) is 12.2 Å². The van der Waals surface area contributed by atoms with Crippen molar-refractivity contribution in [2.45, 2.75) is 39.9 Å². The number of piperidine rings is 1. The van der Waals surface area contributed by atoms with Crippen molar-refractivity contribution < 1.29 is 19.5 Å². The number of ether oxygens (including phenoxy) is 1. The Hall–Kier alpha value is -2.78. The fraction of sp³-hybridized carbons (Fsp3) is 0.500. The van der Waals surface area contributed by atoms with Crippen molar-refractivity contribution in [2.24, 2.45) is 28.7 Å². The lowest BCUT2D eigenvalue weighted by molar-refractivity contribution is -0.283. The zero-order valence-corrected chi connectivity index (χ0v) is 21.2. The number of aliphatic imine (C=N–C) groups is 1. The molecule has 2 aromatic rings. The van der Waals surface area contributed by atoms with E-state index in [0.29, 0.717) is 30.3 Å². The van der Waals surface area contributed by atoms with E-state index in [2.05, 4.69) is 71.5 Å². The normalized spacial score (nSPS) is 26.3. The van der Waals surface area contributed by atoms with E-state index < -0.39 is 12.3 Å². The van der Waals surface area contributed by atoms with Crippen LogP contribution in [0.15, 0.2) is 59.2 Å². The molecule has 0 aromatic heterocycles. The van der Waals surface area contributed by atoms with Gasteiger partial charge >= 0.3 is 5.97 Å². The second-order valence-corrected chi connectivity index (χ2v) is 10.5. The van der Waals surface area contributed by atoms with Crippen molar-refractivity contribution in [3.05, 3.63) is 59.8 Å². The van der Waals surface area contributed by atoms with E-state index in [1.54, 1.807) is 5.06 Å². The van der Waals surface area contributed by atoms with E-state index in [-0.39, 0.29) is 11.9 Å². The first-order valence-corrected chi connectivity index (χ1v) is 12.9. The maximum atomic E-state index is 11.5. The first kappa shape index (κ1) is 24.9. The quantitative estimate of drug-likeness (QED) is 0.463. The predicted molar refractivity (Wildman–Crippen MR) is 139 cm³/mol. The Kier molecular flexibility index (Phi) is 7.39. The van der Waals surface area contributed by atoms with Gasteiger partial charge in [-0.15, -0.1) is 0 Å². The molecule has 2 heterocycles. The Labute approximate surface area is 212 Å². The lowest BCUT2D eigenvalue weighted by atomic mass is 10.1. The highest BCUT2D eigenvalue weighted by molar-refractivity contribution is 6.08. The molecule has 1 saturated carbocycles. The zero-order chi connectivity index (χ0) is 25.2. The van der Waals surface area contributed by atoms with Crippen LogP contribution in [0.3, 0.4) is 0 Å². The fourth-order valence-corrected chi connectivity index (χ4v) is 5.34. The number of nitrogens with one attached hydrogen (secondary N) is 1. The van der Waals surface area contributed by atoms with Crippen LogP contribution in [0.4, 0.5) is 0 Å². The Balaban J connectivity index is 1.12. The molecule has 2 aliphatic heterocycles. The molecule has 8 nitrogen and oxygen atoms in total. The van der Waals surface area contributed by atoms with E-state index >= 15 is 0 Å². The summed E-state index contributed by atoms with van der Waals surface area (Å²) in [6, 6.07) is 15.1. The largest absolute Gasteiger partial charge is 0.478 e. The first-order valence-electron chi connectivity index (χ1n) is 12.9. The molecule has 3 aliphatic rings. The van der Waals surface area contributed by atoms with Gasteiger partial charge in [-0.2, -0.15) is 0 Å². The van der Waals surface area contributed by atoms with Crippen LogP contribution in [0.2, 0.25) is 0 Å². The molecule has 192 valence electrons. The summed E-state index contributed by atoms with van der Waals surface area (Å²) in [5.74, 6) is 1.29. The van der Waals surface area contributed by atoms with E-state index in [1.807, 2.05) is 6.92 Å². The molecule has 2 fully saturated rings. The van der Waals surface area contributed by atoms with Crippen molar-refractivity contribution in [3.8, 4) is 0 Å². The monoisotopic (exact) mass is 492 g/mol. The highest BCUT2D eigenvalue weighted by atomic mass is 16.8. The Morgan fingerprint density at radius 1 is 1.14 bits per heavy atom. The van der Waals surface area contributed by atoms with E-state index in [9.17, 15) is 9.90 Å². The molecule has 1 aliphatic carbocycles. The summed E-state index contributed by atoms with van der Waals surface area (Å²) in [6.07, 6.45) is 2.07. The molecule has 0 radical (unpaired) electrons. The fourth-order valence-electron chi connectivity index (χ4n) is 5.34. The molecular formula is C28H36N4O4. The predicted octanol–water partition coefficient (Wildman–Crippen LogP) is 3.70. The molecule has 5 rings (SSSR count). The van der Waals surface area contributed by atoms with Crippen molar-refractivity contribution >= 4 is 23.0 Å². The summed E-state index contributed by atoms with van der Waals surface area (Å²) in [5.41, 5.74) is 1.41. The van der Waals surface area contributed by atoms with Crippen LogP contribution in [0.25, 0.3) is 10.8 Å². The number of benzene rings is 2. The molecule has 4 atom stereocenters. The van der Waals surface area contributed by atoms with Crippen LogP contribution in [0.5, 0.6) is 0 Å². The summed E-state index contributed by atoms with van der Waals surface area (Å²) in [5, 5.41) is 17.2. The van der Waals surface area contributed by atoms with Crippen LogP contribution in [0, 0.1) is 23.7 Å². The van der Waals surface area contributed by atoms with Gasteiger partial charge in [0.2, 0.25) is 6.29 Å². The van der Waals surface area contributed by atoms with Crippen molar-refractivity contribution in [3.63, 3.8) is 0 Å². The smallest absolute Gasteiger partial charge is 0.338 e. The standard InChI is InChI=1S/C28H36N4O4/c1-18(2)17-35-19(3)36-32-14-23(27(33)34)12-30-28(32)31-15-25-24(26(25)16-31)13-29-11-20-8-9-21-6-4-5-7-22(21)10-20/h4-10,12,14,18-19,24-26,28-29H,11,13,15-17H2,1-3H3,(H,33,34). The topological polar surface area (TPSA) is 86.6 Å². The summed E-state index contributed by atoms with van der Waals surface area (Å²) in [6.45, 7) is 10.3. The number of aliphatic carboxylic acids is 1. The molecule has 36 heavy (non-hydrogen) atoms. The van der Waals surface area contributed by atoms with Gasteiger partial charge in [-0.25, -0.2) is 14.7 Å². The van der Waals surface area contributed by atoms with Gasteiger partial charge in [0.25, 0.3) is 0 Å². The number of hydrogen-bond donors (Lipinski definition) is 2. The van der Waals surface area contributed by atoms with Gasteiger partial charge in [-0.1, -0.05) is 50.2 Å². The average molecular weight is 493 g/mol. The molecule has 4 unspecified atom stereocenters. The average Bonchev–Trinajstić information content (AvgIpc) is 3.30. The molecule has 0 amide bonds. The van der Waals surface area contributed by atoms with Crippen LogP contribution in [0.1, 0.15) is 26.3 Å². The zero-order valence-electron chi connectivity index (χ0n) is 21.2. The van der Waals surface area contributed by atoms with Gasteiger partial charge in [-0.05, 0) is 59.5 Å². The molecule has 0 spiro atoms. The number of rotatable bonds is 11. The Morgan fingerprint density at radius 2 is 1.89 bits per heavy atom. The highest BCUT2D eigenvalue weighted by Gasteiger charge is 2.56. The minimum absolute atomic E-state index is 0.0995. The molecule has 8 heteroatoms. The summed E-state index contributed by atoms with van der Waals surface area (Å²) < 4.78 is 5.74. The summed E-state index contributed by atoms with van der Waals surface area (Å²) in [4.78, 5) is 24.3. The molecular weight excluding hydrogens is 456 g/mol. The minimum Gasteiger partial charge on any atom is -0.478 e. The van der Waals surface area contributed by atoms with Gasteiger partial charge < -0.3 is 15.2 Å². The van der Waals surface area contributed by atoms with E-state index in [1.165, 1.54) is 28.8 Å². The second-order valence-electron chi connectivity index (χ2n) is 10.5. The number of carbonyl (C=O) groups is 1. The number of hydroxylamine groups is 2. The SMILES string of the molecule is CC(C)COC(C)ON1C=C(C(=O)O)C=NC1N1CC2C(CNCc3ccc4ccccc4c3)C2C1. The lowest BCUT2D eigenvalue weighted by Crippen LogP contribution is -2.48. The van der Waals surface area contributed by atoms with Crippen LogP contribution in [-0.4, -0.2) is 66.1 Å². The van der Waals surface area contributed by atoms with Crippen LogP contribution < -0.4 is 5.32 Å². The third kappa shape index (κ3) is 5.62. The molecule has 0 bridgehead atoms. The molecule has 1 saturated heterocycles. The van der Waals surface area contributed by atoms with E-state index in [0.717, 1.165) is 26.2 Å². The third-order valence-electron chi connectivity index (χ3n) is 7.27. The number of fused-ring (bicyclic) bond motifs is 2. The van der Waals surface area contributed by atoms with Crippen molar-refractivity contribution in [1.29, 1.82) is 0 Å². The van der Waals surface area contributed by atoms with Crippen molar-refractivity contribution in [1.82, 2.24) is 15.3 Å². The number of nitrogens with zero attached hydrogens (tertiary/aromatic N) is 3. The van der Waals surface area contributed by atoms with Crippen LogP contribution in [-0.2, 0) is 20.9 Å². The number of carboxylic acid groups (broad SMARTS) is 1. The lowest BCUT2D eigenvalue weighted by Gasteiger charge is -2.37. The molecule has 2 aromatic carbocycles. The minimum atomic E-state index is -1.02. The third-order valence-corrected chi connectivity index (χ3v) is 7.27. The summed E-state index contributed by atoms with van der Waals surface area (Å²) in [7, 11) is 0. The Morgan fingerprint density at radius 3 is 2.61 bits per heavy atom. The van der Waals surface area contributed by atoms with Crippen molar-refractivity contribution in [2.75, 3.05) is 26.2 Å². The molecule has 2 N–H and O–H groups in total. The number of hydrogen-bond acceptors (Lipinski definition) is 7. The number of likely N-dealkylation sites (tertiary alicyclic amines) is 1. The van der Waals surface area contributed by atoms with Gasteiger partial charge in [0.1, 0.15) is 0 Å². The maximum absolute atomic E-state index is 11.5. The van der Waals surface area contributed by atoms with Gasteiger partial charge in [0, 0.05) is 32.0 Å². The first-order chi connectivity index (χ1) is 17.4. The highest BCUT2D eigenvalue weighted by Crippen LogP contribution is 2.52. The second kappa shape index (κ2) is 10.7. The van der Waals surface area contributed by atoms with Gasteiger partial charge in [-0.3, -0.25) is 9.89 Å². The summed E-state index contributed by atoms with van der Waals surface area (Å²) >= 11 is 0. The number of carboxylic acids is 1. The Bertz CT molecular complexity index is 1140. The maximum Gasteiger partial charge on any atom is 0.338 e. The van der Waals surface area contributed by atoms with Gasteiger partial charge in [0.15, 0.2) is 6.29 Å². The van der Waals surface area contributed by atoms with E-state index in [4.69, 9.17) is 9.57 Å². The van der Waals surface area contributed by atoms with Crippen LogP contribution >= 0.6 is 0 Å².